The third kappa shape index (κ3) is 5.45. The van der Waals surface area contributed by atoms with E-state index < -0.39 is 0 Å². The van der Waals surface area contributed by atoms with Gasteiger partial charge in [-0.2, -0.15) is 0 Å². The number of hydrogen-bond acceptors (Lipinski definition) is 5. The van der Waals surface area contributed by atoms with Crippen LogP contribution in [0.25, 0.3) is 21.0 Å². The van der Waals surface area contributed by atoms with Crippen LogP contribution in [-0.2, 0) is 0 Å². The molecule has 148 valence electrons. The first-order chi connectivity index (χ1) is 12.0. The Morgan fingerprint density at radius 1 is 1.22 bits per heavy atom. The maximum absolute atomic E-state index is 12.5. The van der Waals surface area contributed by atoms with Crippen LogP contribution < -0.4 is 5.73 Å². The van der Waals surface area contributed by atoms with Gasteiger partial charge in [-0.1, -0.05) is 26.0 Å². The molecule has 0 aliphatic rings. The van der Waals surface area contributed by atoms with Crippen LogP contribution in [0.1, 0.15) is 30.8 Å². The molecule has 0 aliphatic carbocycles. The minimum Gasteiger partial charge on any atom is -0.448 e. The Bertz CT molecular complexity index is 846. The first-order valence-electron chi connectivity index (χ1n) is 8.42. The number of carbonyl (C=O) groups is 1. The summed E-state index contributed by atoms with van der Waals surface area (Å²) in [6, 6.07) is 11.5. The number of carbonyl (C=O) groups excluding carboxylic acids is 1. The van der Waals surface area contributed by atoms with E-state index in [1.54, 1.807) is 35.4 Å². The topological polar surface area (TPSA) is 72.4 Å². The molecular formula is C19H25Cl2N3O2S. The number of rotatable bonds is 6. The zero-order valence-corrected chi connectivity index (χ0v) is 18.0. The summed E-state index contributed by atoms with van der Waals surface area (Å²) in [7, 11) is 1.77. The Kier molecular flexibility index (Phi) is 8.75. The van der Waals surface area contributed by atoms with Crippen molar-refractivity contribution in [2.24, 2.45) is 11.7 Å². The normalized spacial score (nSPS) is 11.7. The van der Waals surface area contributed by atoms with Gasteiger partial charge in [-0.15, -0.1) is 36.2 Å². The number of fused-ring (bicyclic) bond motifs is 1. The predicted molar refractivity (Wildman–Crippen MR) is 116 cm³/mol. The molecule has 1 unspecified atom stereocenters. The summed E-state index contributed by atoms with van der Waals surface area (Å²) in [6.07, 6.45) is 0.769. The Balaban J connectivity index is 0.00000182. The van der Waals surface area contributed by atoms with E-state index >= 15 is 0 Å². The third-order valence-electron chi connectivity index (χ3n) is 4.32. The molecule has 1 atom stereocenters. The largest absolute Gasteiger partial charge is 0.448 e. The average Bonchev–Trinajstić information content (AvgIpc) is 3.24. The van der Waals surface area contributed by atoms with Crippen molar-refractivity contribution in [2.75, 3.05) is 13.6 Å². The maximum Gasteiger partial charge on any atom is 0.289 e. The molecule has 0 saturated carbocycles. The van der Waals surface area contributed by atoms with Crippen LogP contribution in [0.4, 0.5) is 0 Å². The summed E-state index contributed by atoms with van der Waals surface area (Å²) in [5.74, 6) is 1.22. The molecule has 0 fully saturated rings. The van der Waals surface area contributed by atoms with E-state index in [1.165, 1.54) is 0 Å². The Hall–Kier alpha value is -1.60. The van der Waals surface area contributed by atoms with Gasteiger partial charge < -0.3 is 15.1 Å². The van der Waals surface area contributed by atoms with E-state index in [4.69, 9.17) is 10.2 Å². The van der Waals surface area contributed by atoms with Gasteiger partial charge in [-0.3, -0.25) is 4.79 Å². The van der Waals surface area contributed by atoms with Gasteiger partial charge in [0.2, 0.25) is 0 Å². The number of halogens is 2. The van der Waals surface area contributed by atoms with E-state index in [-0.39, 0.29) is 36.8 Å². The van der Waals surface area contributed by atoms with Crippen molar-refractivity contribution in [1.82, 2.24) is 9.88 Å². The van der Waals surface area contributed by atoms with Gasteiger partial charge in [0.1, 0.15) is 0 Å². The van der Waals surface area contributed by atoms with Crippen LogP contribution >= 0.6 is 36.2 Å². The smallest absolute Gasteiger partial charge is 0.289 e. The number of nitrogens with zero attached hydrogens (tertiary/aromatic N) is 2. The van der Waals surface area contributed by atoms with E-state index in [0.717, 1.165) is 21.6 Å². The number of benzene rings is 1. The van der Waals surface area contributed by atoms with Crippen molar-refractivity contribution < 1.29 is 9.21 Å². The molecule has 2 aromatic heterocycles. The zero-order valence-electron chi connectivity index (χ0n) is 15.5. The zero-order chi connectivity index (χ0) is 18.0. The fourth-order valence-corrected chi connectivity index (χ4v) is 3.44. The molecule has 5 nitrogen and oxygen atoms in total. The highest BCUT2D eigenvalue weighted by Gasteiger charge is 2.19. The molecule has 0 aliphatic heterocycles. The van der Waals surface area contributed by atoms with Gasteiger partial charge in [0.15, 0.2) is 16.5 Å². The average molecular weight is 430 g/mol. The van der Waals surface area contributed by atoms with Gasteiger partial charge in [0.05, 0.1) is 10.2 Å². The van der Waals surface area contributed by atoms with Crippen molar-refractivity contribution in [3.63, 3.8) is 0 Å². The van der Waals surface area contributed by atoms with Gasteiger partial charge in [0, 0.05) is 19.6 Å². The van der Waals surface area contributed by atoms with Crippen LogP contribution in [0.15, 0.2) is 40.8 Å². The molecule has 0 spiro atoms. The van der Waals surface area contributed by atoms with E-state index in [9.17, 15) is 4.79 Å². The summed E-state index contributed by atoms with van der Waals surface area (Å²) < 4.78 is 6.86. The first-order valence-corrected chi connectivity index (χ1v) is 9.24. The van der Waals surface area contributed by atoms with Gasteiger partial charge in [-0.05, 0) is 36.6 Å². The lowest BCUT2D eigenvalue weighted by Gasteiger charge is -2.20. The van der Waals surface area contributed by atoms with Gasteiger partial charge >= 0.3 is 0 Å². The molecule has 2 heterocycles. The summed E-state index contributed by atoms with van der Waals surface area (Å²) in [5, 5.41) is 0.782. The van der Waals surface area contributed by atoms with Crippen molar-refractivity contribution in [2.45, 2.75) is 26.3 Å². The maximum atomic E-state index is 12.5. The van der Waals surface area contributed by atoms with Crippen molar-refractivity contribution in [3.05, 3.63) is 42.2 Å². The van der Waals surface area contributed by atoms with Crippen molar-refractivity contribution >= 4 is 52.3 Å². The molecule has 0 radical (unpaired) electrons. The van der Waals surface area contributed by atoms with Crippen LogP contribution in [0.5, 0.6) is 0 Å². The van der Waals surface area contributed by atoms with E-state index in [0.29, 0.717) is 24.0 Å². The minimum atomic E-state index is -0.136. The summed E-state index contributed by atoms with van der Waals surface area (Å²) in [6.45, 7) is 4.78. The number of para-hydroxylation sites is 1. The number of nitrogens with two attached hydrogens (primary N) is 1. The molecule has 0 saturated heterocycles. The van der Waals surface area contributed by atoms with Crippen LogP contribution in [0, 0.1) is 5.92 Å². The molecule has 0 bridgehead atoms. The minimum absolute atomic E-state index is 0. The van der Waals surface area contributed by atoms with Crippen LogP contribution in [0.3, 0.4) is 0 Å². The number of aromatic nitrogens is 1. The SMILES string of the molecule is CC(C)C(N)CCN(C)C(=O)c1ccc(-c2nc3ccccc3s2)o1.Cl.Cl. The summed E-state index contributed by atoms with van der Waals surface area (Å²) in [5.41, 5.74) is 6.99. The lowest BCUT2D eigenvalue weighted by Crippen LogP contribution is -2.34. The number of amides is 1. The second-order valence-corrected chi connectivity index (χ2v) is 7.60. The monoisotopic (exact) mass is 429 g/mol. The quantitative estimate of drug-likeness (QED) is 0.607. The molecule has 2 N–H and O–H groups in total. The standard InChI is InChI=1S/C19H23N3O2S.2ClH/c1-12(2)13(20)10-11-22(3)19(23)16-9-8-15(24-16)18-21-14-6-4-5-7-17(14)25-18;;/h4-9,12-13H,10-11,20H2,1-3H3;2*1H. The molecule has 3 aromatic rings. The lowest BCUT2D eigenvalue weighted by molar-refractivity contribution is 0.0758. The molecular weight excluding hydrogens is 405 g/mol. The number of hydrogen-bond donors (Lipinski definition) is 1. The third-order valence-corrected chi connectivity index (χ3v) is 5.37. The van der Waals surface area contributed by atoms with Crippen molar-refractivity contribution in [3.8, 4) is 10.8 Å². The second kappa shape index (κ2) is 10.1. The number of thiazole rings is 1. The molecule has 1 amide bonds. The Morgan fingerprint density at radius 3 is 2.59 bits per heavy atom. The summed E-state index contributed by atoms with van der Waals surface area (Å²) in [4.78, 5) is 18.7. The summed E-state index contributed by atoms with van der Waals surface area (Å²) >= 11 is 1.55. The molecule has 8 heteroatoms. The van der Waals surface area contributed by atoms with Gasteiger partial charge in [0.25, 0.3) is 5.91 Å². The van der Waals surface area contributed by atoms with Crippen LogP contribution in [0.2, 0.25) is 0 Å². The molecule has 27 heavy (non-hydrogen) atoms. The van der Waals surface area contributed by atoms with E-state index in [2.05, 4.69) is 18.8 Å². The highest BCUT2D eigenvalue weighted by atomic mass is 35.5. The molecule has 1 aromatic carbocycles. The van der Waals surface area contributed by atoms with Crippen LogP contribution in [-0.4, -0.2) is 35.4 Å². The molecule has 3 rings (SSSR count). The highest BCUT2D eigenvalue weighted by Crippen LogP contribution is 2.31. The fourth-order valence-electron chi connectivity index (χ4n) is 2.51. The van der Waals surface area contributed by atoms with Crippen molar-refractivity contribution in [1.29, 1.82) is 0 Å². The first kappa shape index (κ1) is 23.4. The fraction of sp³-hybridized carbons (Fsp3) is 0.368. The Morgan fingerprint density at radius 2 is 1.93 bits per heavy atom. The predicted octanol–water partition coefficient (Wildman–Crippen LogP) is 4.85. The van der Waals surface area contributed by atoms with E-state index in [1.807, 2.05) is 24.3 Å². The number of furan rings is 1. The van der Waals surface area contributed by atoms with Gasteiger partial charge in [-0.25, -0.2) is 4.98 Å². The Labute approximate surface area is 175 Å². The second-order valence-electron chi connectivity index (χ2n) is 6.57. The highest BCUT2D eigenvalue weighted by molar-refractivity contribution is 7.21. The lowest BCUT2D eigenvalue weighted by atomic mass is 10.0.